The van der Waals surface area contributed by atoms with E-state index in [4.69, 9.17) is 0 Å². The van der Waals surface area contributed by atoms with Gasteiger partial charge in [-0.25, -0.2) is 0 Å². The number of halogens is 1. The van der Waals surface area contributed by atoms with E-state index in [0.29, 0.717) is 11.8 Å². The Labute approximate surface area is 143 Å². The molecule has 0 amide bonds. The molecule has 0 aliphatic rings. The maximum Gasteiger partial charge on any atom is 0.249 e. The smallest absolute Gasteiger partial charge is 0.249 e. The first-order valence-electron chi connectivity index (χ1n) is 7.17. The van der Waals surface area contributed by atoms with Gasteiger partial charge in [-0.1, -0.05) is 34.1 Å². The van der Waals surface area contributed by atoms with Crippen LogP contribution in [0, 0.1) is 13.8 Å². The first-order valence-corrected chi connectivity index (χ1v) is 7.97. The summed E-state index contributed by atoms with van der Waals surface area (Å²) in [4.78, 5) is 4.45. The SMILES string of the molecule is Cc1cccc(Nc2cnnc(Nc3cccc(Br)c3)n2)c1C. The van der Waals surface area contributed by atoms with E-state index in [2.05, 4.69) is 61.7 Å². The van der Waals surface area contributed by atoms with Crippen LogP contribution in [-0.4, -0.2) is 15.2 Å². The summed E-state index contributed by atoms with van der Waals surface area (Å²) in [6.07, 6.45) is 1.61. The van der Waals surface area contributed by atoms with E-state index in [1.807, 2.05) is 36.4 Å². The van der Waals surface area contributed by atoms with Crippen molar-refractivity contribution in [1.29, 1.82) is 0 Å². The summed E-state index contributed by atoms with van der Waals surface area (Å²) in [6, 6.07) is 13.9. The fraction of sp³-hybridized carbons (Fsp3) is 0.118. The van der Waals surface area contributed by atoms with Gasteiger partial charge in [0, 0.05) is 15.8 Å². The third-order valence-corrected chi connectivity index (χ3v) is 4.00. The van der Waals surface area contributed by atoms with Gasteiger partial charge in [0.2, 0.25) is 5.95 Å². The van der Waals surface area contributed by atoms with Gasteiger partial charge in [0.1, 0.15) is 0 Å². The number of anilines is 4. The summed E-state index contributed by atoms with van der Waals surface area (Å²) >= 11 is 3.44. The Balaban J connectivity index is 1.81. The molecule has 3 rings (SSSR count). The number of hydrogen-bond acceptors (Lipinski definition) is 5. The van der Waals surface area contributed by atoms with E-state index in [1.54, 1.807) is 6.20 Å². The predicted octanol–water partition coefficient (Wildman–Crippen LogP) is 4.74. The second-order valence-corrected chi connectivity index (χ2v) is 6.09. The molecule has 0 fully saturated rings. The Hall–Kier alpha value is -2.47. The zero-order chi connectivity index (χ0) is 16.2. The minimum atomic E-state index is 0.443. The second kappa shape index (κ2) is 6.75. The zero-order valence-corrected chi connectivity index (χ0v) is 14.4. The van der Waals surface area contributed by atoms with Crippen molar-refractivity contribution < 1.29 is 0 Å². The third-order valence-electron chi connectivity index (χ3n) is 3.51. The lowest BCUT2D eigenvalue weighted by Crippen LogP contribution is -2.03. The van der Waals surface area contributed by atoms with Crippen LogP contribution in [0.2, 0.25) is 0 Å². The molecule has 0 aliphatic heterocycles. The summed E-state index contributed by atoms with van der Waals surface area (Å²) in [7, 11) is 0. The number of nitrogens with one attached hydrogen (secondary N) is 2. The van der Waals surface area contributed by atoms with Gasteiger partial charge in [-0.3, -0.25) is 0 Å². The zero-order valence-electron chi connectivity index (χ0n) is 12.8. The van der Waals surface area contributed by atoms with E-state index < -0.39 is 0 Å². The number of aromatic nitrogens is 3. The topological polar surface area (TPSA) is 62.7 Å². The van der Waals surface area contributed by atoms with Crippen LogP contribution in [-0.2, 0) is 0 Å². The van der Waals surface area contributed by atoms with Gasteiger partial charge < -0.3 is 10.6 Å². The molecule has 0 radical (unpaired) electrons. The van der Waals surface area contributed by atoms with Crippen LogP contribution >= 0.6 is 15.9 Å². The molecule has 0 spiro atoms. The van der Waals surface area contributed by atoms with Crippen LogP contribution in [0.4, 0.5) is 23.1 Å². The van der Waals surface area contributed by atoms with Gasteiger partial charge in [-0.2, -0.15) is 10.1 Å². The minimum Gasteiger partial charge on any atom is -0.339 e. The van der Waals surface area contributed by atoms with Gasteiger partial charge >= 0.3 is 0 Å². The van der Waals surface area contributed by atoms with Gasteiger partial charge in [-0.05, 0) is 49.2 Å². The summed E-state index contributed by atoms with van der Waals surface area (Å²) in [5, 5.41) is 14.5. The molecule has 116 valence electrons. The molecule has 1 heterocycles. The maximum atomic E-state index is 4.45. The highest BCUT2D eigenvalue weighted by molar-refractivity contribution is 9.10. The molecule has 2 aromatic carbocycles. The van der Waals surface area contributed by atoms with Crippen molar-refractivity contribution in [3.05, 3.63) is 64.3 Å². The lowest BCUT2D eigenvalue weighted by molar-refractivity contribution is 0.982. The number of aryl methyl sites for hydroxylation is 1. The average molecular weight is 370 g/mol. The highest BCUT2D eigenvalue weighted by Gasteiger charge is 2.05. The summed E-state index contributed by atoms with van der Waals surface area (Å²) in [6.45, 7) is 4.16. The van der Waals surface area contributed by atoms with Crippen molar-refractivity contribution in [2.45, 2.75) is 13.8 Å². The van der Waals surface area contributed by atoms with Crippen LogP contribution in [0.3, 0.4) is 0 Å². The summed E-state index contributed by atoms with van der Waals surface area (Å²) in [5.41, 5.74) is 4.32. The van der Waals surface area contributed by atoms with Crippen molar-refractivity contribution in [2.24, 2.45) is 0 Å². The first kappa shape index (κ1) is 15.4. The standard InChI is InChI=1S/C17H16BrN5/c1-11-5-3-8-15(12(11)2)21-16-10-19-23-17(22-16)20-14-7-4-6-13(18)9-14/h3-10H,1-2H3,(H2,20,21,22,23). The molecule has 6 heteroatoms. The molecule has 5 nitrogen and oxygen atoms in total. The molecule has 3 aromatic rings. The minimum absolute atomic E-state index is 0.443. The molecule has 1 aromatic heterocycles. The monoisotopic (exact) mass is 369 g/mol. The molecular weight excluding hydrogens is 354 g/mol. The normalized spacial score (nSPS) is 10.4. The Kier molecular flexibility index (Phi) is 4.52. The molecular formula is C17H16BrN5. The fourth-order valence-corrected chi connectivity index (χ4v) is 2.54. The Morgan fingerprint density at radius 2 is 1.83 bits per heavy atom. The number of benzene rings is 2. The molecule has 0 unspecified atom stereocenters. The van der Waals surface area contributed by atoms with E-state index in [-0.39, 0.29) is 0 Å². The Morgan fingerprint density at radius 3 is 2.65 bits per heavy atom. The first-order chi connectivity index (χ1) is 11.1. The molecule has 23 heavy (non-hydrogen) atoms. The quantitative estimate of drug-likeness (QED) is 0.695. The number of rotatable bonds is 4. The molecule has 0 aliphatic carbocycles. The van der Waals surface area contributed by atoms with E-state index >= 15 is 0 Å². The van der Waals surface area contributed by atoms with Crippen molar-refractivity contribution in [1.82, 2.24) is 15.2 Å². The second-order valence-electron chi connectivity index (χ2n) is 5.17. The van der Waals surface area contributed by atoms with E-state index in [9.17, 15) is 0 Å². The molecule has 0 atom stereocenters. The third kappa shape index (κ3) is 3.84. The van der Waals surface area contributed by atoms with Gasteiger partial charge in [0.15, 0.2) is 5.82 Å². The Bertz CT molecular complexity index is 835. The lowest BCUT2D eigenvalue weighted by Gasteiger charge is -2.11. The van der Waals surface area contributed by atoms with E-state index in [1.165, 1.54) is 11.1 Å². The van der Waals surface area contributed by atoms with Crippen molar-refractivity contribution in [2.75, 3.05) is 10.6 Å². The highest BCUT2D eigenvalue weighted by Crippen LogP contribution is 2.22. The van der Waals surface area contributed by atoms with Crippen LogP contribution in [0.1, 0.15) is 11.1 Å². The molecule has 2 N–H and O–H groups in total. The van der Waals surface area contributed by atoms with Crippen LogP contribution < -0.4 is 10.6 Å². The summed E-state index contributed by atoms with van der Waals surface area (Å²) < 4.78 is 0.986. The number of hydrogen-bond donors (Lipinski definition) is 2. The Morgan fingerprint density at radius 1 is 1.00 bits per heavy atom. The number of nitrogens with zero attached hydrogens (tertiary/aromatic N) is 3. The lowest BCUT2D eigenvalue weighted by atomic mass is 10.1. The fourth-order valence-electron chi connectivity index (χ4n) is 2.14. The van der Waals surface area contributed by atoms with Crippen molar-refractivity contribution in [3.8, 4) is 0 Å². The van der Waals surface area contributed by atoms with Gasteiger partial charge in [-0.15, -0.1) is 5.10 Å². The summed E-state index contributed by atoms with van der Waals surface area (Å²) in [5.74, 6) is 1.09. The largest absolute Gasteiger partial charge is 0.339 e. The molecule has 0 bridgehead atoms. The van der Waals surface area contributed by atoms with Crippen molar-refractivity contribution in [3.63, 3.8) is 0 Å². The van der Waals surface area contributed by atoms with Crippen LogP contribution in [0.25, 0.3) is 0 Å². The maximum absolute atomic E-state index is 4.45. The van der Waals surface area contributed by atoms with Crippen molar-refractivity contribution >= 4 is 39.1 Å². The van der Waals surface area contributed by atoms with Gasteiger partial charge in [0.05, 0.1) is 6.20 Å². The van der Waals surface area contributed by atoms with Gasteiger partial charge in [0.25, 0.3) is 0 Å². The van der Waals surface area contributed by atoms with Crippen LogP contribution in [0.5, 0.6) is 0 Å². The molecule has 0 saturated heterocycles. The molecule has 0 saturated carbocycles. The average Bonchev–Trinajstić information content (AvgIpc) is 2.52. The predicted molar refractivity (Wildman–Crippen MR) is 96.5 cm³/mol. The highest BCUT2D eigenvalue weighted by atomic mass is 79.9. The van der Waals surface area contributed by atoms with Crippen LogP contribution in [0.15, 0.2) is 53.1 Å². The van der Waals surface area contributed by atoms with E-state index in [0.717, 1.165) is 15.8 Å².